The normalized spacial score (nSPS) is 19.9. The second kappa shape index (κ2) is 8.20. The van der Waals surface area contributed by atoms with Gasteiger partial charge >= 0.3 is 0 Å². The van der Waals surface area contributed by atoms with Crippen molar-refractivity contribution in [3.8, 4) is 0 Å². The van der Waals surface area contributed by atoms with Crippen LogP contribution in [0.1, 0.15) is 45.7 Å². The number of hydrogen-bond acceptors (Lipinski definition) is 5. The molecular formula is C26H25N5. The molecule has 0 saturated carbocycles. The molecule has 3 N–H and O–H groups in total. The second-order valence-electron chi connectivity index (χ2n) is 7.88. The van der Waals surface area contributed by atoms with Gasteiger partial charge in [-0.15, -0.1) is 0 Å². The van der Waals surface area contributed by atoms with E-state index in [1.165, 1.54) is 16.7 Å². The van der Waals surface area contributed by atoms with E-state index in [9.17, 15) is 0 Å². The van der Waals surface area contributed by atoms with Crippen LogP contribution in [0.2, 0.25) is 0 Å². The van der Waals surface area contributed by atoms with Crippen molar-refractivity contribution in [3.63, 3.8) is 0 Å². The molecule has 0 fully saturated rings. The molecule has 3 aromatic rings. The van der Waals surface area contributed by atoms with E-state index in [1.807, 2.05) is 24.5 Å². The molecule has 2 atom stereocenters. The summed E-state index contributed by atoms with van der Waals surface area (Å²) in [6, 6.07) is 25.1. The third-order valence-corrected chi connectivity index (χ3v) is 5.78. The molecule has 31 heavy (non-hydrogen) atoms. The molecule has 0 saturated heterocycles. The Morgan fingerprint density at radius 1 is 0.774 bits per heavy atom. The van der Waals surface area contributed by atoms with E-state index < -0.39 is 0 Å². The van der Waals surface area contributed by atoms with Gasteiger partial charge in [-0.25, -0.2) is 5.43 Å². The van der Waals surface area contributed by atoms with Crippen LogP contribution < -0.4 is 16.2 Å². The summed E-state index contributed by atoms with van der Waals surface area (Å²) in [5, 5.41) is 3.60. The number of rotatable bonds is 4. The molecule has 0 bridgehead atoms. The van der Waals surface area contributed by atoms with Crippen LogP contribution in [0, 0.1) is 13.8 Å². The van der Waals surface area contributed by atoms with Gasteiger partial charge in [-0.05, 0) is 42.2 Å². The fourth-order valence-corrected chi connectivity index (χ4v) is 4.02. The lowest BCUT2D eigenvalue weighted by Gasteiger charge is -2.29. The van der Waals surface area contributed by atoms with E-state index in [0.717, 1.165) is 28.1 Å². The average Bonchev–Trinajstić information content (AvgIpc) is 3.30. The number of nitrogens with one attached hydrogen (secondary N) is 3. The van der Waals surface area contributed by atoms with Gasteiger partial charge in [0.1, 0.15) is 6.17 Å². The topological polar surface area (TPSA) is 60.8 Å². The highest BCUT2D eigenvalue weighted by Crippen LogP contribution is 2.27. The number of nitrogens with zero attached hydrogens (tertiary/aromatic N) is 2. The maximum atomic E-state index is 4.88. The first-order valence-corrected chi connectivity index (χ1v) is 10.5. The molecule has 3 aromatic carbocycles. The summed E-state index contributed by atoms with van der Waals surface area (Å²) in [7, 11) is 0. The minimum atomic E-state index is -0.164. The van der Waals surface area contributed by atoms with Gasteiger partial charge in [0.05, 0.1) is 17.6 Å². The molecule has 0 aromatic heterocycles. The lowest BCUT2D eigenvalue weighted by molar-refractivity contribution is 0.438. The van der Waals surface area contributed by atoms with E-state index >= 15 is 0 Å². The Morgan fingerprint density at radius 2 is 1.48 bits per heavy atom. The first kappa shape index (κ1) is 19.3. The maximum Gasteiger partial charge on any atom is 0.166 e. The van der Waals surface area contributed by atoms with E-state index in [-0.39, 0.29) is 12.3 Å². The van der Waals surface area contributed by atoms with Gasteiger partial charge in [0.25, 0.3) is 0 Å². The van der Waals surface area contributed by atoms with Crippen LogP contribution in [0.15, 0.2) is 89.0 Å². The Hall–Kier alpha value is -3.70. The molecule has 2 aliphatic rings. The molecule has 2 unspecified atom stereocenters. The van der Waals surface area contributed by atoms with Crippen molar-refractivity contribution in [3.05, 3.63) is 112 Å². The van der Waals surface area contributed by atoms with Crippen molar-refractivity contribution in [1.82, 2.24) is 16.2 Å². The fraction of sp³-hybridized carbons (Fsp3) is 0.154. The molecule has 0 aliphatic carbocycles. The second-order valence-corrected chi connectivity index (χ2v) is 7.88. The van der Waals surface area contributed by atoms with Crippen LogP contribution in [0.3, 0.4) is 0 Å². The number of benzene rings is 3. The largest absolute Gasteiger partial charge is 0.363 e. The van der Waals surface area contributed by atoms with Crippen molar-refractivity contribution < 1.29 is 0 Å². The summed E-state index contributed by atoms with van der Waals surface area (Å²) in [6.07, 6.45) is 3.66. The van der Waals surface area contributed by atoms with E-state index in [2.05, 4.69) is 95.7 Å². The van der Waals surface area contributed by atoms with E-state index in [0.29, 0.717) is 0 Å². The standard InChI is InChI=1S/C26H25N5/c1-17-8-3-5-12-21(17)25-27-15-23(29-25)19-10-7-11-20(14-19)24-16-28-31-26(30-24)22-13-6-4-9-18(22)2/h3-16,25-26,28,30-31H,1-2H3. The summed E-state index contributed by atoms with van der Waals surface area (Å²) in [5.74, 6) is 0. The molecule has 5 rings (SSSR count). The first-order chi connectivity index (χ1) is 15.2. The zero-order valence-electron chi connectivity index (χ0n) is 17.6. The predicted molar refractivity (Wildman–Crippen MR) is 127 cm³/mol. The Morgan fingerprint density at radius 3 is 2.26 bits per heavy atom. The van der Waals surface area contributed by atoms with Gasteiger partial charge in [0.2, 0.25) is 0 Å². The van der Waals surface area contributed by atoms with Crippen molar-refractivity contribution >= 4 is 17.6 Å². The third kappa shape index (κ3) is 3.88. The van der Waals surface area contributed by atoms with Crippen molar-refractivity contribution in [1.29, 1.82) is 0 Å². The smallest absolute Gasteiger partial charge is 0.166 e. The molecule has 5 heteroatoms. The van der Waals surface area contributed by atoms with Crippen molar-refractivity contribution in [2.45, 2.75) is 26.2 Å². The van der Waals surface area contributed by atoms with Gasteiger partial charge < -0.3 is 10.7 Å². The summed E-state index contributed by atoms with van der Waals surface area (Å²) < 4.78 is 0. The van der Waals surface area contributed by atoms with Gasteiger partial charge in [0.15, 0.2) is 6.17 Å². The van der Waals surface area contributed by atoms with Gasteiger partial charge in [0, 0.05) is 17.3 Å². The van der Waals surface area contributed by atoms with Crippen molar-refractivity contribution in [2.24, 2.45) is 9.98 Å². The number of aliphatic imine (C=N–C) groups is 2. The van der Waals surface area contributed by atoms with Crippen LogP contribution >= 0.6 is 0 Å². The molecule has 2 aliphatic heterocycles. The Bertz CT molecular complexity index is 1210. The van der Waals surface area contributed by atoms with Crippen LogP contribution in [-0.4, -0.2) is 11.9 Å². The average molecular weight is 408 g/mol. The summed E-state index contributed by atoms with van der Waals surface area (Å²) in [6.45, 7) is 4.23. The lowest BCUT2D eigenvalue weighted by Crippen LogP contribution is -2.44. The minimum Gasteiger partial charge on any atom is -0.363 e. The Kier molecular flexibility index (Phi) is 5.10. The molecule has 2 heterocycles. The molecule has 0 spiro atoms. The summed E-state index contributed by atoms with van der Waals surface area (Å²) >= 11 is 0. The monoisotopic (exact) mass is 407 g/mol. The quantitative estimate of drug-likeness (QED) is 0.594. The molecular weight excluding hydrogens is 382 g/mol. The van der Waals surface area contributed by atoms with Crippen molar-refractivity contribution in [2.75, 3.05) is 0 Å². The highest BCUT2D eigenvalue weighted by Gasteiger charge is 2.20. The minimum absolute atomic E-state index is 0.0133. The van der Waals surface area contributed by atoms with Crippen LogP contribution in [0.5, 0.6) is 0 Å². The Balaban J connectivity index is 1.39. The molecule has 154 valence electrons. The number of aryl methyl sites for hydroxylation is 2. The zero-order valence-corrected chi connectivity index (χ0v) is 17.6. The van der Waals surface area contributed by atoms with Gasteiger partial charge in [-0.1, -0.05) is 66.7 Å². The SMILES string of the molecule is Cc1ccccc1C1N=CC(c2cccc(C3=CNNC(c4ccccc4C)N3)c2)=N1. The maximum absolute atomic E-state index is 4.88. The van der Waals surface area contributed by atoms with Crippen LogP contribution in [0.4, 0.5) is 0 Å². The summed E-state index contributed by atoms with van der Waals surface area (Å²) in [4.78, 5) is 9.52. The van der Waals surface area contributed by atoms with Gasteiger partial charge in [-0.3, -0.25) is 9.98 Å². The highest BCUT2D eigenvalue weighted by atomic mass is 15.4. The summed E-state index contributed by atoms with van der Waals surface area (Å²) in [5.41, 5.74) is 15.4. The van der Waals surface area contributed by atoms with E-state index in [4.69, 9.17) is 4.99 Å². The first-order valence-electron chi connectivity index (χ1n) is 10.5. The van der Waals surface area contributed by atoms with E-state index in [1.54, 1.807) is 0 Å². The zero-order chi connectivity index (χ0) is 21.2. The fourth-order valence-electron chi connectivity index (χ4n) is 4.02. The number of hydrazine groups is 1. The molecule has 5 nitrogen and oxygen atoms in total. The third-order valence-electron chi connectivity index (χ3n) is 5.78. The van der Waals surface area contributed by atoms with Crippen LogP contribution in [-0.2, 0) is 0 Å². The highest BCUT2D eigenvalue weighted by molar-refractivity contribution is 6.39. The molecule has 0 radical (unpaired) electrons. The molecule has 0 amide bonds. The number of hydrogen-bond donors (Lipinski definition) is 3. The predicted octanol–water partition coefficient (Wildman–Crippen LogP) is 4.57. The lowest BCUT2D eigenvalue weighted by atomic mass is 10.0. The van der Waals surface area contributed by atoms with Gasteiger partial charge in [-0.2, -0.15) is 0 Å². The Labute approximate surface area is 182 Å². The van der Waals surface area contributed by atoms with Crippen LogP contribution in [0.25, 0.3) is 5.70 Å².